The summed E-state index contributed by atoms with van der Waals surface area (Å²) in [6, 6.07) is 18.9. The Hall–Kier alpha value is -4.50. The van der Waals surface area contributed by atoms with Gasteiger partial charge in [0.1, 0.15) is 5.82 Å². The van der Waals surface area contributed by atoms with E-state index in [0.717, 1.165) is 27.4 Å². The molecule has 5 aromatic rings. The largest absolute Gasteiger partial charge is 0.494 e. The monoisotopic (exact) mass is 512 g/mol. The van der Waals surface area contributed by atoms with Crippen LogP contribution in [0.1, 0.15) is 10.6 Å². The Morgan fingerprint density at radius 3 is 2.51 bits per heavy atom. The van der Waals surface area contributed by atoms with Crippen LogP contribution in [-0.4, -0.2) is 26.6 Å². The number of amides is 3. The third-order valence-electron chi connectivity index (χ3n) is 6.66. The summed E-state index contributed by atoms with van der Waals surface area (Å²) in [6.07, 6.45) is 1.63. The average molecular weight is 513 g/mol. The molecule has 7 nitrogen and oxygen atoms in total. The second-order valence-electron chi connectivity index (χ2n) is 9.04. The van der Waals surface area contributed by atoms with Gasteiger partial charge in [-0.25, -0.2) is 14.2 Å². The van der Waals surface area contributed by atoms with E-state index < -0.39 is 23.3 Å². The molecule has 3 heterocycles. The lowest BCUT2D eigenvalue weighted by atomic mass is 9.88. The van der Waals surface area contributed by atoms with Crippen LogP contribution in [0, 0.1) is 12.7 Å². The van der Waals surface area contributed by atoms with Crippen LogP contribution >= 0.6 is 11.3 Å². The molecule has 0 unspecified atom stereocenters. The van der Waals surface area contributed by atoms with Gasteiger partial charge in [-0.3, -0.25) is 10.1 Å². The summed E-state index contributed by atoms with van der Waals surface area (Å²) in [5, 5.41) is 19.8. The van der Waals surface area contributed by atoms with E-state index >= 15 is 0 Å². The molecule has 0 bridgehead atoms. The number of urea groups is 1. The summed E-state index contributed by atoms with van der Waals surface area (Å²) in [4.78, 5) is 29.9. The van der Waals surface area contributed by atoms with Gasteiger partial charge in [0.05, 0.1) is 17.2 Å². The maximum absolute atomic E-state index is 13.7. The van der Waals surface area contributed by atoms with E-state index in [1.54, 1.807) is 35.7 Å². The van der Waals surface area contributed by atoms with Gasteiger partial charge < -0.3 is 15.0 Å². The molecule has 37 heavy (non-hydrogen) atoms. The number of rotatable bonds is 5. The number of benzene rings is 3. The summed E-state index contributed by atoms with van der Waals surface area (Å²) in [5.41, 5.74) is 2.94. The number of aryl methyl sites for hydroxylation is 1. The highest BCUT2D eigenvalue weighted by Gasteiger charge is 2.48. The second-order valence-corrected chi connectivity index (χ2v) is 10.1. The summed E-state index contributed by atoms with van der Waals surface area (Å²) in [6.45, 7) is 1.89. The summed E-state index contributed by atoms with van der Waals surface area (Å²) in [5.74, 6) is -1.20. The molecule has 0 saturated carbocycles. The van der Waals surface area contributed by atoms with Gasteiger partial charge in [-0.1, -0.05) is 42.5 Å². The zero-order valence-electron chi connectivity index (χ0n) is 19.7. The molecule has 1 aliphatic rings. The number of thiazole rings is 1. The van der Waals surface area contributed by atoms with Gasteiger partial charge in [-0.05, 0) is 47.9 Å². The zero-order valence-corrected chi connectivity index (χ0v) is 20.5. The van der Waals surface area contributed by atoms with Crippen LogP contribution in [-0.2, 0) is 16.9 Å². The minimum absolute atomic E-state index is 0.0787. The molecule has 1 saturated heterocycles. The van der Waals surface area contributed by atoms with Crippen LogP contribution < -0.4 is 10.6 Å². The highest BCUT2D eigenvalue weighted by atomic mass is 32.1. The average Bonchev–Trinajstić information content (AvgIpc) is 3.55. The lowest BCUT2D eigenvalue weighted by molar-refractivity contribution is -0.124. The van der Waals surface area contributed by atoms with Gasteiger partial charge in [0, 0.05) is 27.9 Å². The van der Waals surface area contributed by atoms with Crippen molar-refractivity contribution in [1.29, 1.82) is 0 Å². The Kier molecular flexibility index (Phi) is 5.31. The molecule has 1 aliphatic heterocycles. The van der Waals surface area contributed by atoms with Crippen molar-refractivity contribution < 1.29 is 19.1 Å². The number of nitrogens with zero attached hydrogens (tertiary/aromatic N) is 2. The number of aromatic nitrogens is 2. The second kappa shape index (κ2) is 8.56. The lowest BCUT2D eigenvalue weighted by Gasteiger charge is -2.27. The van der Waals surface area contributed by atoms with Crippen LogP contribution in [0.4, 0.5) is 9.18 Å². The molecule has 184 valence electrons. The van der Waals surface area contributed by atoms with Crippen molar-refractivity contribution in [1.82, 2.24) is 20.2 Å². The summed E-state index contributed by atoms with van der Waals surface area (Å²) in [7, 11) is 0. The quantitative estimate of drug-likeness (QED) is 0.278. The van der Waals surface area contributed by atoms with Crippen molar-refractivity contribution in [2.24, 2.45) is 0 Å². The van der Waals surface area contributed by atoms with Gasteiger partial charge in [0.2, 0.25) is 0 Å². The van der Waals surface area contributed by atoms with Gasteiger partial charge in [-0.15, -0.1) is 11.3 Å². The molecule has 3 amide bonds. The Bertz CT molecular complexity index is 1690. The van der Waals surface area contributed by atoms with E-state index in [0.29, 0.717) is 16.3 Å². The molecule has 9 heteroatoms. The van der Waals surface area contributed by atoms with E-state index in [2.05, 4.69) is 21.7 Å². The van der Waals surface area contributed by atoms with E-state index in [1.807, 2.05) is 42.6 Å². The van der Waals surface area contributed by atoms with Crippen molar-refractivity contribution in [3.8, 4) is 28.3 Å². The molecule has 3 aromatic carbocycles. The van der Waals surface area contributed by atoms with E-state index in [9.17, 15) is 19.1 Å². The Morgan fingerprint density at radius 1 is 1.03 bits per heavy atom. The number of halogens is 1. The first kappa shape index (κ1) is 22.9. The molecule has 1 fully saturated rings. The number of nitrogens with one attached hydrogen (secondary N) is 2. The van der Waals surface area contributed by atoms with Crippen molar-refractivity contribution in [3.63, 3.8) is 0 Å². The third-order valence-corrected chi connectivity index (χ3v) is 7.43. The van der Waals surface area contributed by atoms with Crippen LogP contribution in [0.2, 0.25) is 0 Å². The maximum atomic E-state index is 13.7. The Labute approximate surface area is 215 Å². The van der Waals surface area contributed by atoms with Gasteiger partial charge in [-0.2, -0.15) is 0 Å². The molecule has 3 N–H and O–H groups in total. The fraction of sp³-hybridized carbons (Fsp3) is 0.107. The van der Waals surface area contributed by atoms with Crippen LogP contribution in [0.3, 0.4) is 0 Å². The van der Waals surface area contributed by atoms with E-state index in [-0.39, 0.29) is 12.4 Å². The Balaban J connectivity index is 1.37. The molecule has 1 atom stereocenters. The fourth-order valence-corrected chi connectivity index (χ4v) is 5.42. The predicted octanol–water partition coefficient (Wildman–Crippen LogP) is 5.32. The first-order valence-corrected chi connectivity index (χ1v) is 12.4. The van der Waals surface area contributed by atoms with Crippen molar-refractivity contribution >= 4 is 34.0 Å². The minimum Gasteiger partial charge on any atom is -0.494 e. The molecular weight excluding hydrogens is 491 g/mol. The number of hydrogen-bond acceptors (Lipinski definition) is 5. The SMILES string of the molecule is Cc1nc(-c2cccc(-c3ccc([C@@]4(Cn5cc6ccc(F)cc6c5O)NC(=O)NC4=O)cc3)c2)cs1. The van der Waals surface area contributed by atoms with Crippen LogP contribution in [0.25, 0.3) is 33.2 Å². The number of imide groups is 1. The predicted molar refractivity (Wildman–Crippen MR) is 140 cm³/mol. The topological polar surface area (TPSA) is 96.2 Å². The number of hydrogen-bond donors (Lipinski definition) is 3. The molecule has 0 aliphatic carbocycles. The normalized spacial score (nSPS) is 17.2. The highest BCUT2D eigenvalue weighted by molar-refractivity contribution is 7.09. The number of fused-ring (bicyclic) bond motifs is 1. The molecule has 6 rings (SSSR count). The minimum atomic E-state index is -1.46. The molecule has 0 radical (unpaired) electrons. The van der Waals surface area contributed by atoms with E-state index in [1.165, 1.54) is 16.7 Å². The number of carbonyl (C=O) groups is 2. The lowest BCUT2D eigenvalue weighted by Crippen LogP contribution is -2.47. The van der Waals surface area contributed by atoms with Gasteiger partial charge in [0.25, 0.3) is 5.91 Å². The smallest absolute Gasteiger partial charge is 0.322 e. The number of carbonyl (C=O) groups excluding carboxylic acids is 2. The zero-order chi connectivity index (χ0) is 25.7. The molecule has 0 spiro atoms. The summed E-state index contributed by atoms with van der Waals surface area (Å²) < 4.78 is 15.2. The maximum Gasteiger partial charge on any atom is 0.322 e. The molecule has 2 aromatic heterocycles. The van der Waals surface area contributed by atoms with Gasteiger partial charge in [0.15, 0.2) is 11.4 Å². The standard InChI is InChI=1S/C28H21FN4O3S/c1-16-30-24(14-37-16)19-4-2-3-18(11-19)17-5-8-21(9-6-17)28(26(35)31-27(36)32-28)15-33-13-20-7-10-22(29)12-23(20)25(33)34/h2-14,34H,15H2,1H3,(H2,31,32,35,36)/t28-/m1/s1. The van der Waals surface area contributed by atoms with Crippen LogP contribution in [0.5, 0.6) is 5.88 Å². The van der Waals surface area contributed by atoms with Gasteiger partial charge >= 0.3 is 6.03 Å². The fourth-order valence-electron chi connectivity index (χ4n) is 4.79. The Morgan fingerprint density at radius 2 is 1.81 bits per heavy atom. The van der Waals surface area contributed by atoms with Crippen molar-refractivity contribution in [3.05, 3.63) is 94.7 Å². The summed E-state index contributed by atoms with van der Waals surface area (Å²) >= 11 is 1.60. The van der Waals surface area contributed by atoms with Crippen molar-refractivity contribution in [2.45, 2.75) is 19.0 Å². The first-order chi connectivity index (χ1) is 17.8. The van der Waals surface area contributed by atoms with E-state index in [4.69, 9.17) is 0 Å². The first-order valence-electron chi connectivity index (χ1n) is 11.6. The van der Waals surface area contributed by atoms with Crippen LogP contribution in [0.15, 0.2) is 78.3 Å². The molecular formula is C28H21FN4O3S. The van der Waals surface area contributed by atoms with Crippen molar-refractivity contribution in [2.75, 3.05) is 0 Å². The highest BCUT2D eigenvalue weighted by Crippen LogP contribution is 2.35. The third kappa shape index (κ3) is 3.93. The number of aromatic hydroxyl groups is 1.